The number of aromatic nitrogens is 4. The number of thioether (sulfide) groups is 1. The van der Waals surface area contributed by atoms with Crippen LogP contribution in [0.3, 0.4) is 0 Å². The fourth-order valence-electron chi connectivity index (χ4n) is 2.37. The Morgan fingerprint density at radius 3 is 2.85 bits per heavy atom. The highest BCUT2D eigenvalue weighted by Gasteiger charge is 2.18. The molecule has 0 unspecified atom stereocenters. The van der Waals surface area contributed by atoms with E-state index in [1.54, 1.807) is 4.40 Å². The zero-order valence-corrected chi connectivity index (χ0v) is 14.6. The van der Waals surface area contributed by atoms with Gasteiger partial charge in [-0.1, -0.05) is 11.8 Å². The number of nitro benzene ring substituents is 1. The molecule has 26 heavy (non-hydrogen) atoms. The van der Waals surface area contributed by atoms with E-state index in [1.165, 1.54) is 0 Å². The maximum Gasteiger partial charge on any atom is 0.295 e. The summed E-state index contributed by atoms with van der Waals surface area (Å²) in [6.45, 7) is 3.72. The molecule has 11 heteroatoms. The van der Waals surface area contributed by atoms with Gasteiger partial charge < -0.3 is 5.32 Å². The first-order valence-electron chi connectivity index (χ1n) is 7.41. The Hall–Kier alpha value is -3.08. The molecule has 0 radical (unpaired) electrons. The molecule has 3 rings (SSSR count). The molecule has 0 saturated carbocycles. The van der Waals surface area contributed by atoms with Crippen LogP contribution >= 0.6 is 11.8 Å². The lowest BCUT2D eigenvalue weighted by Crippen LogP contribution is -2.15. The van der Waals surface area contributed by atoms with Crippen molar-refractivity contribution in [3.05, 3.63) is 51.6 Å². The highest BCUT2D eigenvalue weighted by molar-refractivity contribution is 7.99. The topological polar surface area (TPSA) is 115 Å². The lowest BCUT2D eigenvalue weighted by Gasteiger charge is -2.06. The van der Waals surface area contributed by atoms with Gasteiger partial charge in [-0.3, -0.25) is 19.3 Å². The van der Waals surface area contributed by atoms with Gasteiger partial charge in [-0.25, -0.2) is 9.37 Å². The first-order chi connectivity index (χ1) is 12.3. The van der Waals surface area contributed by atoms with Crippen LogP contribution in [0.25, 0.3) is 5.78 Å². The minimum absolute atomic E-state index is 0.0529. The molecule has 0 spiro atoms. The van der Waals surface area contributed by atoms with E-state index in [9.17, 15) is 19.3 Å². The summed E-state index contributed by atoms with van der Waals surface area (Å²) in [4.78, 5) is 26.6. The number of rotatable bonds is 5. The highest BCUT2D eigenvalue weighted by atomic mass is 32.2. The van der Waals surface area contributed by atoms with E-state index >= 15 is 0 Å². The van der Waals surface area contributed by atoms with Crippen LogP contribution in [0, 0.1) is 29.8 Å². The zero-order valence-electron chi connectivity index (χ0n) is 13.8. The summed E-state index contributed by atoms with van der Waals surface area (Å²) in [6, 6.07) is 4.81. The van der Waals surface area contributed by atoms with Gasteiger partial charge in [0, 0.05) is 11.4 Å². The summed E-state index contributed by atoms with van der Waals surface area (Å²) in [5.74, 6) is -0.862. The number of aryl methyl sites for hydroxylation is 2. The lowest BCUT2D eigenvalue weighted by atomic mass is 10.2. The van der Waals surface area contributed by atoms with Crippen LogP contribution in [0.15, 0.2) is 29.4 Å². The average molecular weight is 376 g/mol. The molecule has 1 amide bonds. The molecule has 2 aromatic heterocycles. The highest BCUT2D eigenvalue weighted by Crippen LogP contribution is 2.25. The van der Waals surface area contributed by atoms with Gasteiger partial charge in [-0.15, -0.1) is 10.2 Å². The molecular formula is C15H13FN6O3S. The SMILES string of the molecule is Cc1cc(C)n2c(SCC(=O)Nc3ccc(F)cc3[N+](=O)[O-])nnc2n1. The number of fused-ring (bicyclic) bond motifs is 1. The van der Waals surface area contributed by atoms with E-state index in [2.05, 4.69) is 20.5 Å². The molecule has 0 fully saturated rings. The molecule has 0 aliphatic heterocycles. The predicted molar refractivity (Wildman–Crippen MR) is 92.7 cm³/mol. The Morgan fingerprint density at radius 2 is 2.12 bits per heavy atom. The third-order valence-corrected chi connectivity index (χ3v) is 4.35. The minimum Gasteiger partial charge on any atom is -0.320 e. The van der Waals surface area contributed by atoms with Crippen molar-refractivity contribution in [3.63, 3.8) is 0 Å². The van der Waals surface area contributed by atoms with Gasteiger partial charge in [0.15, 0.2) is 5.16 Å². The third kappa shape index (κ3) is 3.61. The van der Waals surface area contributed by atoms with Crippen molar-refractivity contribution in [1.29, 1.82) is 0 Å². The van der Waals surface area contributed by atoms with Gasteiger partial charge in [0.1, 0.15) is 11.5 Å². The molecule has 9 nitrogen and oxygen atoms in total. The molecule has 0 aliphatic carbocycles. The van der Waals surface area contributed by atoms with Crippen LogP contribution in [0.2, 0.25) is 0 Å². The molecule has 0 saturated heterocycles. The van der Waals surface area contributed by atoms with Crippen LogP contribution in [-0.2, 0) is 4.79 Å². The van der Waals surface area contributed by atoms with Crippen molar-refractivity contribution < 1.29 is 14.1 Å². The monoisotopic (exact) mass is 376 g/mol. The number of halogens is 1. The number of nitro groups is 1. The van der Waals surface area contributed by atoms with Crippen molar-refractivity contribution in [2.75, 3.05) is 11.1 Å². The zero-order chi connectivity index (χ0) is 18.8. The quantitative estimate of drug-likeness (QED) is 0.413. The number of carbonyl (C=O) groups excluding carboxylic acids is 1. The third-order valence-electron chi connectivity index (χ3n) is 3.43. The number of anilines is 1. The smallest absolute Gasteiger partial charge is 0.295 e. The molecule has 1 aromatic carbocycles. The van der Waals surface area contributed by atoms with Gasteiger partial charge in [0.05, 0.1) is 16.7 Å². The molecule has 134 valence electrons. The maximum absolute atomic E-state index is 13.1. The first kappa shape index (κ1) is 17.7. The van der Waals surface area contributed by atoms with Gasteiger partial charge in [-0.2, -0.15) is 0 Å². The lowest BCUT2D eigenvalue weighted by molar-refractivity contribution is -0.384. The van der Waals surface area contributed by atoms with E-state index < -0.39 is 22.3 Å². The number of amides is 1. The van der Waals surface area contributed by atoms with E-state index in [4.69, 9.17) is 0 Å². The summed E-state index contributed by atoms with van der Waals surface area (Å²) < 4.78 is 14.9. The van der Waals surface area contributed by atoms with Crippen molar-refractivity contribution in [2.45, 2.75) is 19.0 Å². The van der Waals surface area contributed by atoms with Gasteiger partial charge in [0.2, 0.25) is 5.91 Å². The van der Waals surface area contributed by atoms with Gasteiger partial charge in [0.25, 0.3) is 11.5 Å². The molecule has 0 bridgehead atoms. The first-order valence-corrected chi connectivity index (χ1v) is 8.39. The Bertz CT molecular complexity index is 1020. The number of nitrogens with one attached hydrogen (secondary N) is 1. The fraction of sp³-hybridized carbons (Fsp3) is 0.200. The molecular weight excluding hydrogens is 363 g/mol. The summed E-state index contributed by atoms with van der Waals surface area (Å²) in [5, 5.41) is 21.8. The Morgan fingerprint density at radius 1 is 1.35 bits per heavy atom. The number of nitrogens with zero attached hydrogens (tertiary/aromatic N) is 5. The molecule has 1 N–H and O–H groups in total. The fourth-order valence-corrected chi connectivity index (χ4v) is 3.16. The number of hydrogen-bond acceptors (Lipinski definition) is 7. The molecule has 3 aromatic rings. The minimum atomic E-state index is -0.755. The van der Waals surface area contributed by atoms with Crippen molar-refractivity contribution >= 4 is 34.8 Å². The normalized spacial score (nSPS) is 10.9. The summed E-state index contributed by atoms with van der Waals surface area (Å²) in [5.41, 5.74) is 1.10. The van der Waals surface area contributed by atoms with Crippen LogP contribution in [-0.4, -0.2) is 36.2 Å². The number of hydrogen-bond donors (Lipinski definition) is 1. The Labute approximate surface area is 150 Å². The molecule has 2 heterocycles. The van der Waals surface area contributed by atoms with Crippen LogP contribution in [0.4, 0.5) is 15.8 Å². The van der Waals surface area contributed by atoms with Crippen molar-refractivity contribution in [3.8, 4) is 0 Å². The Balaban J connectivity index is 1.74. The second-order valence-corrected chi connectivity index (χ2v) is 6.35. The Kier molecular flexibility index (Phi) is 4.80. The average Bonchev–Trinajstić information content (AvgIpc) is 2.97. The molecule has 0 atom stereocenters. The van der Waals surface area contributed by atoms with Crippen molar-refractivity contribution in [2.24, 2.45) is 0 Å². The predicted octanol–water partition coefficient (Wildman–Crippen LogP) is 2.52. The van der Waals surface area contributed by atoms with Crippen LogP contribution < -0.4 is 5.32 Å². The van der Waals surface area contributed by atoms with E-state index in [-0.39, 0.29) is 11.4 Å². The number of benzene rings is 1. The summed E-state index contributed by atoms with van der Waals surface area (Å²) >= 11 is 1.11. The molecule has 0 aliphatic rings. The van der Waals surface area contributed by atoms with Crippen LogP contribution in [0.1, 0.15) is 11.4 Å². The standard InChI is InChI=1S/C15H13FN6O3S/c1-8-5-9(2)21-14(17-8)19-20-15(21)26-7-13(23)18-11-4-3-10(16)6-12(11)22(24)25/h3-6H,7H2,1-2H3,(H,18,23). The van der Waals surface area contributed by atoms with E-state index in [0.29, 0.717) is 10.9 Å². The summed E-state index contributed by atoms with van der Waals surface area (Å²) in [7, 11) is 0. The summed E-state index contributed by atoms with van der Waals surface area (Å²) in [6.07, 6.45) is 0. The second-order valence-electron chi connectivity index (χ2n) is 5.41. The maximum atomic E-state index is 13.1. The second kappa shape index (κ2) is 7.04. The van der Waals surface area contributed by atoms with Crippen LogP contribution in [0.5, 0.6) is 0 Å². The van der Waals surface area contributed by atoms with Gasteiger partial charge in [-0.05, 0) is 32.0 Å². The van der Waals surface area contributed by atoms with E-state index in [0.717, 1.165) is 41.3 Å². The van der Waals surface area contributed by atoms with E-state index in [1.807, 2.05) is 19.9 Å². The van der Waals surface area contributed by atoms with Crippen molar-refractivity contribution in [1.82, 2.24) is 19.6 Å². The number of carbonyl (C=O) groups is 1. The largest absolute Gasteiger partial charge is 0.320 e. The van der Waals surface area contributed by atoms with Gasteiger partial charge >= 0.3 is 0 Å².